The van der Waals surface area contributed by atoms with E-state index in [-0.39, 0.29) is 17.3 Å². The number of nitrogens with one attached hydrogen (secondary N) is 2. The highest BCUT2D eigenvalue weighted by Gasteiger charge is 2.15. The van der Waals surface area contributed by atoms with E-state index in [4.69, 9.17) is 10.6 Å². The number of phenols is 1. The first-order chi connectivity index (χ1) is 12.6. The van der Waals surface area contributed by atoms with Crippen LogP contribution in [0.2, 0.25) is 0 Å². The molecule has 0 fully saturated rings. The van der Waals surface area contributed by atoms with Crippen molar-refractivity contribution in [2.75, 3.05) is 12.4 Å². The number of aromatic nitrogens is 2. The number of nitrogens with two attached hydrogens (primary N) is 1. The van der Waals surface area contributed by atoms with Gasteiger partial charge in [0.25, 0.3) is 5.91 Å². The van der Waals surface area contributed by atoms with Crippen LogP contribution in [0.25, 0.3) is 11.4 Å². The fraction of sp³-hybridized carbons (Fsp3) is 0.0556. The molecule has 2 aromatic carbocycles. The SMILES string of the molecule is COc1ccccc1Nc1cc(C(=O)NN)nc(-c2ccccc2O)n1. The predicted molar refractivity (Wildman–Crippen MR) is 97.1 cm³/mol. The first kappa shape index (κ1) is 17.2. The van der Waals surface area contributed by atoms with Crippen LogP contribution in [0.3, 0.4) is 0 Å². The number of nitrogens with zero attached hydrogens (tertiary/aromatic N) is 2. The second-order valence-corrected chi connectivity index (χ2v) is 5.28. The Morgan fingerprint density at radius 1 is 1.12 bits per heavy atom. The molecule has 0 aliphatic rings. The Balaban J connectivity index is 2.09. The standard InChI is InChI=1S/C18H17N5O3/c1-26-15-9-5-3-7-12(15)20-16-10-13(18(25)23-19)21-17(22-16)11-6-2-4-8-14(11)24/h2-10,24H,19H2,1H3,(H,23,25)(H,20,21,22). The van der Waals surface area contributed by atoms with E-state index < -0.39 is 5.91 Å². The minimum Gasteiger partial charge on any atom is -0.507 e. The number of carbonyl (C=O) groups is 1. The van der Waals surface area contributed by atoms with Crippen molar-refractivity contribution in [1.82, 2.24) is 15.4 Å². The largest absolute Gasteiger partial charge is 0.507 e. The molecule has 26 heavy (non-hydrogen) atoms. The van der Waals surface area contributed by atoms with Crippen molar-refractivity contribution in [3.63, 3.8) is 0 Å². The highest BCUT2D eigenvalue weighted by atomic mass is 16.5. The van der Waals surface area contributed by atoms with E-state index in [1.165, 1.54) is 12.1 Å². The maximum Gasteiger partial charge on any atom is 0.283 e. The molecule has 0 aliphatic heterocycles. The summed E-state index contributed by atoms with van der Waals surface area (Å²) in [5, 5.41) is 13.2. The molecule has 8 nitrogen and oxygen atoms in total. The molecule has 0 radical (unpaired) electrons. The van der Waals surface area contributed by atoms with Gasteiger partial charge in [0.1, 0.15) is 23.0 Å². The summed E-state index contributed by atoms with van der Waals surface area (Å²) in [4.78, 5) is 20.5. The van der Waals surface area contributed by atoms with Gasteiger partial charge < -0.3 is 15.2 Å². The summed E-state index contributed by atoms with van der Waals surface area (Å²) in [5.41, 5.74) is 3.15. The van der Waals surface area contributed by atoms with E-state index >= 15 is 0 Å². The Bertz CT molecular complexity index is 946. The summed E-state index contributed by atoms with van der Waals surface area (Å²) < 4.78 is 5.31. The van der Waals surface area contributed by atoms with E-state index in [1.54, 1.807) is 31.4 Å². The summed E-state index contributed by atoms with van der Waals surface area (Å²) in [5.74, 6) is 5.79. The summed E-state index contributed by atoms with van der Waals surface area (Å²) >= 11 is 0. The quantitative estimate of drug-likeness (QED) is 0.316. The zero-order valence-electron chi connectivity index (χ0n) is 13.9. The molecule has 5 N–H and O–H groups in total. The molecule has 3 aromatic rings. The highest BCUT2D eigenvalue weighted by Crippen LogP contribution is 2.30. The van der Waals surface area contributed by atoms with Gasteiger partial charge >= 0.3 is 0 Å². The molecule has 0 atom stereocenters. The van der Waals surface area contributed by atoms with Crippen LogP contribution in [-0.4, -0.2) is 28.1 Å². The first-order valence-corrected chi connectivity index (χ1v) is 7.71. The maximum atomic E-state index is 12.0. The average molecular weight is 351 g/mol. The number of phenolic OH excluding ortho intramolecular Hbond substituents is 1. The van der Waals surface area contributed by atoms with Gasteiger partial charge in [0.15, 0.2) is 5.82 Å². The third-order valence-electron chi connectivity index (χ3n) is 3.60. The number of nitrogen functional groups attached to an aromatic ring is 1. The number of hydrogen-bond donors (Lipinski definition) is 4. The van der Waals surface area contributed by atoms with Crippen molar-refractivity contribution in [2.24, 2.45) is 5.84 Å². The summed E-state index contributed by atoms with van der Waals surface area (Å²) in [7, 11) is 1.56. The van der Waals surface area contributed by atoms with Crippen LogP contribution in [0.4, 0.5) is 11.5 Å². The molecular weight excluding hydrogens is 334 g/mol. The Morgan fingerprint density at radius 2 is 1.85 bits per heavy atom. The van der Waals surface area contributed by atoms with Crippen molar-refractivity contribution >= 4 is 17.4 Å². The van der Waals surface area contributed by atoms with Gasteiger partial charge in [-0.05, 0) is 24.3 Å². The van der Waals surface area contributed by atoms with Crippen molar-refractivity contribution in [1.29, 1.82) is 0 Å². The van der Waals surface area contributed by atoms with Crippen molar-refractivity contribution in [3.8, 4) is 22.9 Å². The van der Waals surface area contributed by atoms with Crippen molar-refractivity contribution < 1.29 is 14.6 Å². The Labute approximate surface area is 149 Å². The Morgan fingerprint density at radius 3 is 2.58 bits per heavy atom. The van der Waals surface area contributed by atoms with Gasteiger partial charge in [-0.3, -0.25) is 10.2 Å². The van der Waals surface area contributed by atoms with Crippen LogP contribution in [0.5, 0.6) is 11.5 Å². The van der Waals surface area contributed by atoms with Crippen LogP contribution >= 0.6 is 0 Å². The minimum absolute atomic E-state index is 0.000971. The molecule has 1 heterocycles. The van der Waals surface area contributed by atoms with Gasteiger partial charge in [-0.1, -0.05) is 24.3 Å². The number of rotatable bonds is 5. The second-order valence-electron chi connectivity index (χ2n) is 5.28. The number of hydrogen-bond acceptors (Lipinski definition) is 7. The number of para-hydroxylation sites is 3. The molecule has 3 rings (SSSR count). The summed E-state index contributed by atoms with van der Waals surface area (Å²) in [6.07, 6.45) is 0. The smallest absolute Gasteiger partial charge is 0.283 e. The van der Waals surface area contributed by atoms with E-state index in [9.17, 15) is 9.90 Å². The number of anilines is 2. The number of amides is 1. The number of hydrazine groups is 1. The lowest BCUT2D eigenvalue weighted by atomic mass is 10.2. The maximum absolute atomic E-state index is 12.0. The number of benzene rings is 2. The molecule has 0 saturated carbocycles. The van der Waals surface area contributed by atoms with E-state index in [0.29, 0.717) is 22.8 Å². The van der Waals surface area contributed by atoms with Gasteiger partial charge in [-0.15, -0.1) is 0 Å². The average Bonchev–Trinajstić information content (AvgIpc) is 2.68. The molecular formula is C18H17N5O3. The van der Waals surface area contributed by atoms with Crippen LogP contribution in [0, 0.1) is 0 Å². The molecule has 1 amide bonds. The van der Waals surface area contributed by atoms with Crippen LogP contribution < -0.4 is 21.3 Å². The minimum atomic E-state index is -0.577. The molecule has 0 unspecified atom stereocenters. The topological polar surface area (TPSA) is 122 Å². The Hall–Kier alpha value is -3.65. The van der Waals surface area contributed by atoms with Crippen molar-refractivity contribution in [3.05, 3.63) is 60.3 Å². The highest BCUT2D eigenvalue weighted by molar-refractivity contribution is 5.93. The third-order valence-corrected chi connectivity index (χ3v) is 3.60. The van der Waals surface area contributed by atoms with Crippen LogP contribution in [0.15, 0.2) is 54.6 Å². The lowest BCUT2D eigenvalue weighted by molar-refractivity contribution is 0.0948. The number of ether oxygens (including phenoxy) is 1. The van der Waals surface area contributed by atoms with E-state index in [1.807, 2.05) is 23.6 Å². The molecule has 8 heteroatoms. The first-order valence-electron chi connectivity index (χ1n) is 7.71. The second kappa shape index (κ2) is 7.49. The van der Waals surface area contributed by atoms with Gasteiger partial charge in [0.05, 0.1) is 18.4 Å². The summed E-state index contributed by atoms with van der Waals surface area (Å²) in [6, 6.07) is 15.3. The summed E-state index contributed by atoms with van der Waals surface area (Å²) in [6.45, 7) is 0. The normalized spacial score (nSPS) is 10.2. The molecule has 0 bridgehead atoms. The third kappa shape index (κ3) is 3.55. The van der Waals surface area contributed by atoms with Gasteiger partial charge in [0.2, 0.25) is 0 Å². The Kier molecular flexibility index (Phi) is 4.95. The molecule has 0 spiro atoms. The van der Waals surface area contributed by atoms with Gasteiger partial charge in [-0.2, -0.15) is 0 Å². The lowest BCUT2D eigenvalue weighted by Gasteiger charge is -2.12. The van der Waals surface area contributed by atoms with Crippen LogP contribution in [-0.2, 0) is 0 Å². The van der Waals surface area contributed by atoms with Crippen molar-refractivity contribution in [2.45, 2.75) is 0 Å². The molecule has 0 aliphatic carbocycles. The number of methoxy groups -OCH3 is 1. The van der Waals surface area contributed by atoms with Crippen LogP contribution in [0.1, 0.15) is 10.5 Å². The fourth-order valence-corrected chi connectivity index (χ4v) is 2.37. The monoisotopic (exact) mass is 351 g/mol. The zero-order chi connectivity index (χ0) is 18.5. The lowest BCUT2D eigenvalue weighted by Crippen LogP contribution is -2.31. The van der Waals surface area contributed by atoms with E-state index in [2.05, 4.69) is 15.3 Å². The fourth-order valence-electron chi connectivity index (χ4n) is 2.37. The molecule has 0 saturated heterocycles. The van der Waals surface area contributed by atoms with E-state index in [0.717, 1.165) is 0 Å². The zero-order valence-corrected chi connectivity index (χ0v) is 13.9. The molecule has 1 aromatic heterocycles. The number of carbonyl (C=O) groups excluding carboxylic acids is 1. The predicted octanol–water partition coefficient (Wildman–Crippen LogP) is 2.20. The van der Waals surface area contributed by atoms with Gasteiger partial charge in [0, 0.05) is 6.07 Å². The number of aromatic hydroxyl groups is 1. The molecule has 132 valence electrons. The van der Waals surface area contributed by atoms with Gasteiger partial charge in [-0.25, -0.2) is 15.8 Å².